The van der Waals surface area contributed by atoms with Crippen LogP contribution in [0.4, 0.5) is 5.69 Å². The zero-order valence-electron chi connectivity index (χ0n) is 15.5. The highest BCUT2D eigenvalue weighted by Crippen LogP contribution is 2.12. The largest absolute Gasteiger partial charge is 0.347 e. The third-order valence-corrected chi connectivity index (χ3v) is 3.43. The molecule has 0 spiro atoms. The van der Waals surface area contributed by atoms with Gasteiger partial charge in [-0.3, -0.25) is 14.4 Å². The summed E-state index contributed by atoms with van der Waals surface area (Å²) >= 11 is 0. The van der Waals surface area contributed by atoms with Crippen LogP contribution in [0.15, 0.2) is 41.2 Å². The molecule has 0 radical (unpaired) electrons. The molecule has 0 fully saturated rings. The van der Waals surface area contributed by atoms with Crippen molar-refractivity contribution in [2.24, 2.45) is 0 Å². The van der Waals surface area contributed by atoms with E-state index in [4.69, 9.17) is 0 Å². The molecule has 0 atom stereocenters. The van der Waals surface area contributed by atoms with E-state index in [-0.39, 0.29) is 22.7 Å². The van der Waals surface area contributed by atoms with Crippen LogP contribution in [0.5, 0.6) is 0 Å². The number of nitrogens with zero attached hydrogens (tertiary/aromatic N) is 2. The second-order valence-electron chi connectivity index (χ2n) is 7.02. The van der Waals surface area contributed by atoms with Gasteiger partial charge in [0.05, 0.1) is 0 Å². The van der Waals surface area contributed by atoms with Gasteiger partial charge in [-0.2, -0.15) is 5.10 Å². The van der Waals surface area contributed by atoms with Gasteiger partial charge in [0.2, 0.25) is 0 Å². The van der Waals surface area contributed by atoms with E-state index in [0.29, 0.717) is 17.8 Å². The first-order chi connectivity index (χ1) is 12.2. The summed E-state index contributed by atoms with van der Waals surface area (Å²) in [5.41, 5.74) is 0.646. The van der Waals surface area contributed by atoms with Crippen LogP contribution in [0.25, 0.3) is 0 Å². The summed E-state index contributed by atoms with van der Waals surface area (Å²) < 4.78 is 1.27. The van der Waals surface area contributed by atoms with Gasteiger partial charge in [-0.15, -0.1) is 0 Å². The van der Waals surface area contributed by atoms with Crippen LogP contribution in [0.1, 0.15) is 55.0 Å². The third-order valence-electron chi connectivity index (χ3n) is 3.43. The van der Waals surface area contributed by atoms with Crippen molar-refractivity contribution in [1.82, 2.24) is 15.1 Å². The molecule has 0 unspecified atom stereocenters. The molecule has 0 bridgehead atoms. The van der Waals surface area contributed by atoms with Crippen molar-refractivity contribution in [2.45, 2.75) is 46.2 Å². The van der Waals surface area contributed by atoms with E-state index in [1.165, 1.54) is 16.8 Å². The molecule has 0 aliphatic heterocycles. The Balaban J connectivity index is 2.09. The van der Waals surface area contributed by atoms with Crippen LogP contribution in [0, 0.1) is 0 Å². The fourth-order valence-corrected chi connectivity index (χ4v) is 2.25. The van der Waals surface area contributed by atoms with Gasteiger partial charge in [-0.25, -0.2) is 4.68 Å². The molecule has 2 rings (SSSR count). The monoisotopic (exact) mass is 356 g/mol. The first kappa shape index (κ1) is 19.4. The fraction of sp³-hybridized carbons (Fsp3) is 0.368. The molecule has 2 N–H and O–H groups in total. The van der Waals surface area contributed by atoms with E-state index in [1.807, 2.05) is 27.7 Å². The van der Waals surface area contributed by atoms with Crippen molar-refractivity contribution in [2.75, 3.05) is 5.32 Å². The Hall–Kier alpha value is -2.96. The van der Waals surface area contributed by atoms with E-state index in [1.54, 1.807) is 24.3 Å². The van der Waals surface area contributed by atoms with Gasteiger partial charge >= 0.3 is 0 Å². The normalized spacial score (nSPS) is 11.1. The van der Waals surface area contributed by atoms with E-state index in [9.17, 15) is 14.4 Å². The summed E-state index contributed by atoms with van der Waals surface area (Å²) in [5, 5.41) is 9.66. The van der Waals surface area contributed by atoms with Crippen LogP contribution >= 0.6 is 0 Å². The smallest absolute Gasteiger partial charge is 0.276 e. The molecule has 2 amide bonds. The van der Waals surface area contributed by atoms with Crippen molar-refractivity contribution in [3.05, 3.63) is 58.0 Å². The second-order valence-corrected chi connectivity index (χ2v) is 7.02. The molecule has 1 aromatic carbocycles. The van der Waals surface area contributed by atoms with Crippen molar-refractivity contribution in [1.29, 1.82) is 0 Å². The van der Waals surface area contributed by atoms with Crippen LogP contribution in [0.3, 0.4) is 0 Å². The molecule has 1 heterocycles. The van der Waals surface area contributed by atoms with Crippen molar-refractivity contribution in [3.8, 4) is 0 Å². The molecule has 0 aliphatic rings. The van der Waals surface area contributed by atoms with Crippen LogP contribution in [0.2, 0.25) is 0 Å². The van der Waals surface area contributed by atoms with Crippen LogP contribution in [-0.2, 0) is 6.54 Å². The van der Waals surface area contributed by atoms with Gasteiger partial charge in [0, 0.05) is 29.4 Å². The van der Waals surface area contributed by atoms with Crippen LogP contribution in [-0.4, -0.2) is 27.1 Å². The molecule has 0 saturated carbocycles. The summed E-state index contributed by atoms with van der Waals surface area (Å²) in [6.45, 7) is 8.11. The van der Waals surface area contributed by atoms with Gasteiger partial charge in [-0.05, 0) is 57.5 Å². The number of nitrogens with one attached hydrogen (secondary N) is 2. The molecule has 7 nitrogen and oxygen atoms in total. The van der Waals surface area contributed by atoms with Crippen LogP contribution < -0.4 is 16.2 Å². The maximum Gasteiger partial charge on any atom is 0.276 e. The number of anilines is 1. The number of carbonyl (C=O) groups excluding carboxylic acids is 2. The lowest BCUT2D eigenvalue weighted by atomic mass is 10.1. The van der Waals surface area contributed by atoms with E-state index in [2.05, 4.69) is 15.7 Å². The highest BCUT2D eigenvalue weighted by Gasteiger charge is 2.15. The molecule has 7 heteroatoms. The maximum absolute atomic E-state index is 12.3. The summed E-state index contributed by atoms with van der Waals surface area (Å²) in [4.78, 5) is 36.1. The van der Waals surface area contributed by atoms with Crippen molar-refractivity contribution < 1.29 is 9.59 Å². The average Bonchev–Trinajstić information content (AvgIpc) is 2.56. The van der Waals surface area contributed by atoms with Crippen molar-refractivity contribution >= 4 is 17.5 Å². The van der Waals surface area contributed by atoms with Crippen molar-refractivity contribution in [3.63, 3.8) is 0 Å². The molecular weight excluding hydrogens is 332 g/mol. The van der Waals surface area contributed by atoms with Gasteiger partial charge in [-0.1, -0.05) is 6.92 Å². The Morgan fingerprint density at radius 2 is 1.69 bits per heavy atom. The predicted octanol–water partition coefficient (Wildman–Crippen LogP) is 2.43. The number of amides is 2. The first-order valence-corrected chi connectivity index (χ1v) is 8.51. The van der Waals surface area contributed by atoms with Gasteiger partial charge in [0.25, 0.3) is 17.4 Å². The average molecular weight is 356 g/mol. The van der Waals surface area contributed by atoms with Gasteiger partial charge < -0.3 is 10.6 Å². The summed E-state index contributed by atoms with van der Waals surface area (Å²) in [5.74, 6) is -0.592. The van der Waals surface area contributed by atoms with Gasteiger partial charge in [0.1, 0.15) is 5.69 Å². The highest BCUT2D eigenvalue weighted by molar-refractivity contribution is 6.03. The number of hydrogen-bond acceptors (Lipinski definition) is 4. The highest BCUT2D eigenvalue weighted by atomic mass is 16.2. The molecule has 26 heavy (non-hydrogen) atoms. The molecule has 0 aliphatic carbocycles. The topological polar surface area (TPSA) is 93.1 Å². The second kappa shape index (κ2) is 7.95. The standard InChI is InChI=1S/C19H24N4O3/c1-5-12-23-16(24)11-10-15(22-23)18(26)20-14-8-6-13(7-9-14)17(25)21-19(2,3)4/h6-11H,5,12H2,1-4H3,(H,20,26)(H,21,25). The summed E-state index contributed by atoms with van der Waals surface area (Å²) in [6.07, 6.45) is 0.746. The minimum absolute atomic E-state index is 0.160. The third kappa shape index (κ3) is 5.27. The first-order valence-electron chi connectivity index (χ1n) is 8.51. The zero-order valence-corrected chi connectivity index (χ0v) is 15.5. The number of hydrogen-bond donors (Lipinski definition) is 2. The lowest BCUT2D eigenvalue weighted by Crippen LogP contribution is -2.40. The lowest BCUT2D eigenvalue weighted by Gasteiger charge is -2.20. The van der Waals surface area contributed by atoms with E-state index in [0.717, 1.165) is 6.42 Å². The zero-order chi connectivity index (χ0) is 19.3. The maximum atomic E-state index is 12.3. The Kier molecular flexibility index (Phi) is 5.92. The van der Waals surface area contributed by atoms with E-state index < -0.39 is 5.91 Å². The summed E-state index contributed by atoms with van der Waals surface area (Å²) in [6, 6.07) is 9.31. The minimum atomic E-state index is -0.415. The molecule has 0 saturated heterocycles. The lowest BCUT2D eigenvalue weighted by molar-refractivity contribution is 0.0919. The Morgan fingerprint density at radius 3 is 2.27 bits per heavy atom. The SMILES string of the molecule is CCCn1nc(C(=O)Nc2ccc(C(=O)NC(C)(C)C)cc2)ccc1=O. The minimum Gasteiger partial charge on any atom is -0.347 e. The molecule has 2 aromatic rings. The number of carbonyl (C=O) groups is 2. The van der Waals surface area contributed by atoms with E-state index >= 15 is 0 Å². The molecule has 138 valence electrons. The summed E-state index contributed by atoms with van der Waals surface area (Å²) in [7, 11) is 0. The fourth-order valence-electron chi connectivity index (χ4n) is 2.25. The Bertz CT molecular complexity index is 848. The number of benzene rings is 1. The quantitative estimate of drug-likeness (QED) is 0.860. The molecular formula is C19H24N4O3. The van der Waals surface area contributed by atoms with Gasteiger partial charge in [0.15, 0.2) is 0 Å². The number of aryl methyl sites for hydroxylation is 1. The predicted molar refractivity (Wildman–Crippen MR) is 100 cm³/mol. The Labute approximate surface area is 152 Å². The Morgan fingerprint density at radius 1 is 1.04 bits per heavy atom. The number of aromatic nitrogens is 2. The number of rotatable bonds is 5. The molecule has 1 aromatic heterocycles.